The number of hydrogen-bond donors (Lipinski definition) is 3. The van der Waals surface area contributed by atoms with Crippen molar-refractivity contribution in [2.45, 2.75) is 84.2 Å². The number of alkyl carbamates (subject to hydrolysis) is 1. The van der Waals surface area contributed by atoms with Gasteiger partial charge in [-0.25, -0.2) is 4.79 Å². The van der Waals surface area contributed by atoms with Crippen LogP contribution in [-0.4, -0.2) is 46.4 Å². The van der Waals surface area contributed by atoms with Gasteiger partial charge in [-0.3, -0.25) is 14.4 Å². The zero-order valence-corrected chi connectivity index (χ0v) is 22.7. The normalized spacial score (nSPS) is 14.7. The first-order valence-corrected chi connectivity index (χ1v) is 12.8. The van der Waals surface area contributed by atoms with E-state index >= 15 is 0 Å². The van der Waals surface area contributed by atoms with E-state index in [2.05, 4.69) is 10.6 Å². The molecule has 4 amide bonds. The van der Waals surface area contributed by atoms with Crippen LogP contribution in [0.2, 0.25) is 0 Å². The fourth-order valence-electron chi connectivity index (χ4n) is 4.16. The molecule has 1 fully saturated rings. The van der Waals surface area contributed by atoms with E-state index in [1.165, 1.54) is 4.90 Å². The van der Waals surface area contributed by atoms with Gasteiger partial charge in [0.1, 0.15) is 17.7 Å². The molecular formula is C29H38N4O5. The molecule has 0 aromatic heterocycles. The molecule has 1 aliphatic rings. The highest BCUT2D eigenvalue weighted by Crippen LogP contribution is 2.36. The Hall–Kier alpha value is -3.88. The third-order valence-electron chi connectivity index (χ3n) is 6.27. The summed E-state index contributed by atoms with van der Waals surface area (Å²) in [6, 6.07) is 12.7. The lowest BCUT2D eigenvalue weighted by atomic mass is 9.97. The molecular weight excluding hydrogens is 484 g/mol. The first-order chi connectivity index (χ1) is 17.9. The summed E-state index contributed by atoms with van der Waals surface area (Å²) in [5, 5.41) is 5.47. The van der Waals surface area contributed by atoms with Gasteiger partial charge in [-0.2, -0.15) is 0 Å². The van der Waals surface area contributed by atoms with Crippen LogP contribution >= 0.6 is 0 Å². The van der Waals surface area contributed by atoms with E-state index in [-0.39, 0.29) is 18.5 Å². The second kappa shape index (κ2) is 12.1. The van der Waals surface area contributed by atoms with Crippen molar-refractivity contribution in [2.24, 2.45) is 5.73 Å². The molecule has 0 bridgehead atoms. The molecule has 0 saturated heterocycles. The number of hydrogen-bond acceptors (Lipinski definition) is 5. The molecule has 2 aromatic rings. The SMILES string of the molecule is Cc1ccc(C(C(=O)NCc2ccccc2)N(C(=O)C(CC(N)=O)NC(=O)OC(C)(C)C)C2CC2)cc1C. The molecule has 0 spiro atoms. The topological polar surface area (TPSA) is 131 Å². The molecule has 1 aliphatic carbocycles. The third-order valence-corrected chi connectivity index (χ3v) is 6.27. The van der Waals surface area contributed by atoms with Crippen LogP contribution in [0.3, 0.4) is 0 Å². The second-order valence-electron chi connectivity index (χ2n) is 10.8. The fraction of sp³-hybridized carbons (Fsp3) is 0.448. The molecule has 2 unspecified atom stereocenters. The van der Waals surface area contributed by atoms with E-state index in [1.807, 2.05) is 62.4 Å². The number of nitrogens with zero attached hydrogens (tertiary/aromatic N) is 1. The summed E-state index contributed by atoms with van der Waals surface area (Å²) in [5.41, 5.74) is 8.23. The van der Waals surface area contributed by atoms with Gasteiger partial charge in [-0.1, -0.05) is 48.5 Å². The van der Waals surface area contributed by atoms with Crippen molar-refractivity contribution >= 4 is 23.8 Å². The lowest BCUT2D eigenvalue weighted by Gasteiger charge is -2.34. The Morgan fingerprint density at radius 2 is 1.68 bits per heavy atom. The van der Waals surface area contributed by atoms with Gasteiger partial charge in [0.05, 0.1) is 6.42 Å². The van der Waals surface area contributed by atoms with Gasteiger partial charge in [0.15, 0.2) is 0 Å². The maximum absolute atomic E-state index is 14.0. The van der Waals surface area contributed by atoms with Gasteiger partial charge in [0, 0.05) is 12.6 Å². The van der Waals surface area contributed by atoms with Gasteiger partial charge in [0.25, 0.3) is 0 Å². The van der Waals surface area contributed by atoms with Crippen LogP contribution in [0.15, 0.2) is 48.5 Å². The summed E-state index contributed by atoms with van der Waals surface area (Å²) in [7, 11) is 0. The maximum Gasteiger partial charge on any atom is 0.408 e. The zero-order valence-electron chi connectivity index (χ0n) is 22.7. The van der Waals surface area contributed by atoms with Crippen molar-refractivity contribution in [1.29, 1.82) is 0 Å². The van der Waals surface area contributed by atoms with Gasteiger partial charge < -0.3 is 26.0 Å². The summed E-state index contributed by atoms with van der Waals surface area (Å²) < 4.78 is 5.31. The predicted molar refractivity (Wildman–Crippen MR) is 144 cm³/mol. The standard InChI is InChI=1S/C29H38N4O5/c1-18-11-12-21(15-19(18)2)25(26(35)31-17-20-9-7-6-8-10-20)33(22-13-14-22)27(36)23(16-24(30)34)32-28(37)38-29(3,4)5/h6-12,15,22-23,25H,13-14,16-17H2,1-5H3,(H2,30,34)(H,31,35)(H,32,37). The summed E-state index contributed by atoms with van der Waals surface area (Å²) in [5.74, 6) is -1.67. The van der Waals surface area contributed by atoms with Crippen LogP contribution in [0.1, 0.15) is 68.3 Å². The fourth-order valence-corrected chi connectivity index (χ4v) is 4.16. The van der Waals surface area contributed by atoms with Crippen LogP contribution < -0.4 is 16.4 Å². The first-order valence-electron chi connectivity index (χ1n) is 12.8. The Morgan fingerprint density at radius 3 is 2.24 bits per heavy atom. The minimum atomic E-state index is -1.28. The summed E-state index contributed by atoms with van der Waals surface area (Å²) in [4.78, 5) is 53.6. The lowest BCUT2D eigenvalue weighted by Crippen LogP contribution is -2.54. The largest absolute Gasteiger partial charge is 0.444 e. The van der Waals surface area contributed by atoms with Gasteiger partial charge >= 0.3 is 6.09 Å². The maximum atomic E-state index is 14.0. The quantitative estimate of drug-likeness (QED) is 0.440. The summed E-state index contributed by atoms with van der Waals surface area (Å²) >= 11 is 0. The monoisotopic (exact) mass is 522 g/mol. The van der Waals surface area contributed by atoms with Crippen molar-refractivity contribution in [1.82, 2.24) is 15.5 Å². The van der Waals surface area contributed by atoms with Crippen LogP contribution in [0.5, 0.6) is 0 Å². The Balaban J connectivity index is 1.96. The molecule has 2 aromatic carbocycles. The Bertz CT molecular complexity index is 1170. The molecule has 9 heteroatoms. The van der Waals surface area contributed by atoms with Crippen LogP contribution in [0.4, 0.5) is 4.79 Å². The number of ether oxygens (including phenoxy) is 1. The average molecular weight is 523 g/mol. The van der Waals surface area contributed by atoms with E-state index in [0.29, 0.717) is 18.4 Å². The molecule has 2 atom stereocenters. The number of amides is 4. The van der Waals surface area contributed by atoms with E-state index in [1.54, 1.807) is 20.8 Å². The van der Waals surface area contributed by atoms with Gasteiger partial charge in [-0.15, -0.1) is 0 Å². The molecule has 4 N–H and O–H groups in total. The molecule has 0 heterocycles. The molecule has 3 rings (SSSR count). The van der Waals surface area contributed by atoms with Crippen molar-refractivity contribution in [2.75, 3.05) is 0 Å². The van der Waals surface area contributed by atoms with Gasteiger partial charge in [0.2, 0.25) is 17.7 Å². The summed E-state index contributed by atoms with van der Waals surface area (Å²) in [6.45, 7) is 9.29. The Labute approximate surface area is 224 Å². The minimum Gasteiger partial charge on any atom is -0.444 e. The van der Waals surface area contributed by atoms with E-state index in [9.17, 15) is 19.2 Å². The van der Waals surface area contributed by atoms with Crippen LogP contribution in [0, 0.1) is 13.8 Å². The van der Waals surface area contributed by atoms with E-state index < -0.39 is 42.0 Å². The van der Waals surface area contributed by atoms with Crippen LogP contribution in [-0.2, 0) is 25.7 Å². The average Bonchev–Trinajstić information content (AvgIpc) is 3.66. The minimum absolute atomic E-state index is 0.215. The summed E-state index contributed by atoms with van der Waals surface area (Å²) in [6.07, 6.45) is 0.139. The smallest absolute Gasteiger partial charge is 0.408 e. The van der Waals surface area contributed by atoms with Crippen molar-refractivity contribution < 1.29 is 23.9 Å². The Kier molecular flexibility index (Phi) is 9.14. The predicted octanol–water partition coefficient (Wildman–Crippen LogP) is 3.42. The highest BCUT2D eigenvalue weighted by Gasteiger charge is 2.44. The number of carbonyl (C=O) groups is 4. The van der Waals surface area contributed by atoms with Crippen LogP contribution in [0.25, 0.3) is 0 Å². The highest BCUT2D eigenvalue weighted by molar-refractivity contribution is 5.95. The number of carbonyl (C=O) groups excluding carboxylic acids is 4. The molecule has 0 radical (unpaired) electrons. The zero-order chi connectivity index (χ0) is 28.0. The number of primary amides is 1. The molecule has 9 nitrogen and oxygen atoms in total. The number of nitrogens with two attached hydrogens (primary N) is 1. The molecule has 1 saturated carbocycles. The van der Waals surface area contributed by atoms with Crippen molar-refractivity contribution in [3.8, 4) is 0 Å². The van der Waals surface area contributed by atoms with Gasteiger partial charge in [-0.05, 0) is 69.7 Å². The number of nitrogens with one attached hydrogen (secondary N) is 2. The molecule has 204 valence electrons. The first kappa shape index (κ1) is 28.7. The number of rotatable bonds is 10. The van der Waals surface area contributed by atoms with E-state index in [4.69, 9.17) is 10.5 Å². The molecule has 0 aliphatic heterocycles. The lowest BCUT2D eigenvalue weighted by molar-refractivity contribution is -0.144. The van der Waals surface area contributed by atoms with Crippen molar-refractivity contribution in [3.05, 3.63) is 70.8 Å². The van der Waals surface area contributed by atoms with E-state index in [0.717, 1.165) is 16.7 Å². The number of benzene rings is 2. The number of aryl methyl sites for hydroxylation is 2. The van der Waals surface area contributed by atoms with Crippen molar-refractivity contribution in [3.63, 3.8) is 0 Å². The molecule has 38 heavy (non-hydrogen) atoms. The Morgan fingerprint density at radius 1 is 1.03 bits per heavy atom. The second-order valence-corrected chi connectivity index (χ2v) is 10.8. The third kappa shape index (κ3) is 8.06. The highest BCUT2D eigenvalue weighted by atomic mass is 16.6.